The predicted octanol–water partition coefficient (Wildman–Crippen LogP) is 3.15. The number of urea groups is 1. The molecule has 2 aromatic rings. The van der Waals surface area contributed by atoms with Crippen molar-refractivity contribution in [3.63, 3.8) is 0 Å². The Hall–Kier alpha value is -2.78. The summed E-state index contributed by atoms with van der Waals surface area (Å²) < 4.78 is 41.2. The maximum Gasteiger partial charge on any atom is 0.437 e. The van der Waals surface area contributed by atoms with Gasteiger partial charge in [0, 0.05) is 10.6 Å². The van der Waals surface area contributed by atoms with Crippen LogP contribution in [-0.2, 0) is 0 Å². The van der Waals surface area contributed by atoms with Crippen LogP contribution in [0.5, 0.6) is 5.75 Å². The zero-order valence-corrected chi connectivity index (χ0v) is 14.8. The molecule has 2 aromatic carbocycles. The lowest BCUT2D eigenvalue weighted by Crippen LogP contribution is -2.72. The number of aromatic hydroxyl groups is 1. The number of phenolic OH excluding ortho intramolecular Hbond substituents is 1. The second kappa shape index (κ2) is 6.99. The van der Waals surface area contributed by atoms with Gasteiger partial charge in [0.1, 0.15) is 11.7 Å². The summed E-state index contributed by atoms with van der Waals surface area (Å²) in [7, 11) is 0. The number of Topliss-reactive ketones (excluding diaryl/α,β-unsaturated/α-hetero) is 1. The van der Waals surface area contributed by atoms with Crippen LogP contribution in [0.15, 0.2) is 48.5 Å². The van der Waals surface area contributed by atoms with Crippen molar-refractivity contribution >= 4 is 23.4 Å². The SMILES string of the molecule is O=C1N[C@H](c2cccc(O)c2)[C@@H](C(=O)c2ccc(Cl)cc2)[C@@](O)(C(F)(F)F)N1. The molecule has 0 bridgehead atoms. The first-order chi connectivity index (χ1) is 13.0. The van der Waals surface area contributed by atoms with Crippen LogP contribution in [0.4, 0.5) is 18.0 Å². The van der Waals surface area contributed by atoms with Crippen molar-refractivity contribution in [1.29, 1.82) is 0 Å². The second-order valence-corrected chi connectivity index (χ2v) is 6.72. The van der Waals surface area contributed by atoms with Crippen molar-refractivity contribution in [3.05, 3.63) is 64.7 Å². The summed E-state index contributed by atoms with van der Waals surface area (Å²) in [6.45, 7) is 0. The average Bonchev–Trinajstić information content (AvgIpc) is 2.60. The van der Waals surface area contributed by atoms with Gasteiger partial charge in [0.25, 0.3) is 0 Å². The van der Waals surface area contributed by atoms with Gasteiger partial charge in [0.2, 0.25) is 5.72 Å². The van der Waals surface area contributed by atoms with Crippen molar-refractivity contribution in [2.75, 3.05) is 0 Å². The standard InChI is InChI=1S/C18H14ClF3N2O4/c19-11-6-4-9(5-7-11)15(26)13-14(10-2-1-3-12(25)8-10)23-16(27)24-17(13,28)18(20,21)22/h1-8,13-14,25,28H,(H2,23,24,27)/t13-,14+,17+/m0/s1. The number of halogens is 4. The smallest absolute Gasteiger partial charge is 0.437 e. The van der Waals surface area contributed by atoms with Crippen LogP contribution in [0, 0.1) is 5.92 Å². The molecule has 3 atom stereocenters. The number of hydrogen-bond acceptors (Lipinski definition) is 4. The normalized spacial score (nSPS) is 25.0. The number of amides is 2. The maximum absolute atomic E-state index is 13.7. The minimum Gasteiger partial charge on any atom is -0.508 e. The Labute approximate surface area is 161 Å². The Morgan fingerprint density at radius 2 is 1.79 bits per heavy atom. The maximum atomic E-state index is 13.7. The number of carbonyl (C=O) groups excluding carboxylic acids is 2. The molecule has 3 rings (SSSR count). The van der Waals surface area contributed by atoms with E-state index in [2.05, 4.69) is 5.32 Å². The lowest BCUT2D eigenvalue weighted by molar-refractivity contribution is -0.287. The quantitative estimate of drug-likeness (QED) is 0.580. The molecule has 28 heavy (non-hydrogen) atoms. The molecular weight excluding hydrogens is 401 g/mol. The van der Waals surface area contributed by atoms with Crippen LogP contribution in [0.2, 0.25) is 5.02 Å². The van der Waals surface area contributed by atoms with Crippen molar-refractivity contribution in [2.45, 2.75) is 17.9 Å². The summed E-state index contributed by atoms with van der Waals surface area (Å²) in [5.41, 5.74) is -3.95. The van der Waals surface area contributed by atoms with Crippen molar-refractivity contribution < 1.29 is 33.0 Å². The third-order valence-corrected chi connectivity index (χ3v) is 4.70. The van der Waals surface area contributed by atoms with Gasteiger partial charge in [-0.25, -0.2) is 4.79 Å². The molecule has 1 saturated heterocycles. The number of rotatable bonds is 3. The highest BCUT2D eigenvalue weighted by Gasteiger charge is 2.66. The van der Waals surface area contributed by atoms with Gasteiger partial charge in [-0.15, -0.1) is 0 Å². The Morgan fingerprint density at radius 3 is 2.36 bits per heavy atom. The van der Waals surface area contributed by atoms with Crippen LogP contribution in [0.3, 0.4) is 0 Å². The molecule has 1 fully saturated rings. The van der Waals surface area contributed by atoms with Crippen molar-refractivity contribution in [2.24, 2.45) is 5.92 Å². The molecule has 6 nitrogen and oxygen atoms in total. The Morgan fingerprint density at radius 1 is 1.14 bits per heavy atom. The first-order valence-corrected chi connectivity index (χ1v) is 8.37. The monoisotopic (exact) mass is 414 g/mol. The Kier molecular flexibility index (Phi) is 4.99. The molecule has 1 aliphatic heterocycles. The molecule has 0 saturated carbocycles. The molecule has 0 aliphatic carbocycles. The molecule has 2 amide bonds. The fraction of sp³-hybridized carbons (Fsp3) is 0.222. The van der Waals surface area contributed by atoms with Crippen molar-refractivity contribution in [1.82, 2.24) is 10.6 Å². The van der Waals surface area contributed by atoms with Crippen LogP contribution in [-0.4, -0.2) is 33.9 Å². The topological polar surface area (TPSA) is 98.7 Å². The number of benzene rings is 2. The number of nitrogens with one attached hydrogen (secondary N) is 2. The number of ketones is 1. The van der Waals surface area contributed by atoms with E-state index in [9.17, 15) is 33.0 Å². The Balaban J connectivity index is 2.16. The minimum absolute atomic E-state index is 0.0184. The first-order valence-electron chi connectivity index (χ1n) is 7.99. The van der Waals surface area contributed by atoms with E-state index in [-0.39, 0.29) is 21.9 Å². The number of aliphatic hydroxyl groups is 1. The van der Waals surface area contributed by atoms with Gasteiger partial charge < -0.3 is 20.8 Å². The van der Waals surface area contributed by atoms with Gasteiger partial charge in [-0.1, -0.05) is 23.7 Å². The van der Waals surface area contributed by atoms with Gasteiger partial charge in [-0.05, 0) is 42.0 Å². The van der Waals surface area contributed by atoms with E-state index in [0.29, 0.717) is 0 Å². The number of alkyl halides is 3. The summed E-state index contributed by atoms with van der Waals surface area (Å²) in [5, 5.41) is 24.0. The predicted molar refractivity (Wildman–Crippen MR) is 92.8 cm³/mol. The van der Waals surface area contributed by atoms with E-state index >= 15 is 0 Å². The molecule has 4 N–H and O–H groups in total. The summed E-state index contributed by atoms with van der Waals surface area (Å²) >= 11 is 5.75. The third-order valence-electron chi connectivity index (χ3n) is 4.45. The fourth-order valence-electron chi connectivity index (χ4n) is 3.13. The molecule has 0 radical (unpaired) electrons. The zero-order chi connectivity index (χ0) is 20.7. The molecule has 0 aromatic heterocycles. The summed E-state index contributed by atoms with van der Waals surface area (Å²) in [5.74, 6) is -3.52. The largest absolute Gasteiger partial charge is 0.508 e. The van der Waals surface area contributed by atoms with Crippen LogP contribution in [0.25, 0.3) is 0 Å². The van der Waals surface area contributed by atoms with Crippen LogP contribution < -0.4 is 10.6 Å². The molecule has 1 aliphatic rings. The zero-order valence-electron chi connectivity index (χ0n) is 14.0. The van der Waals surface area contributed by atoms with Crippen molar-refractivity contribution in [3.8, 4) is 5.75 Å². The van der Waals surface area contributed by atoms with Gasteiger partial charge in [0.05, 0.1) is 6.04 Å². The molecule has 1 heterocycles. The van der Waals surface area contributed by atoms with E-state index in [1.807, 2.05) is 0 Å². The molecule has 0 spiro atoms. The van der Waals surface area contributed by atoms with Crippen LogP contribution in [0.1, 0.15) is 22.0 Å². The van der Waals surface area contributed by atoms with Gasteiger partial charge in [-0.2, -0.15) is 13.2 Å². The Bertz CT molecular complexity index is 920. The van der Waals surface area contributed by atoms with E-state index in [0.717, 1.165) is 6.07 Å². The molecule has 0 unspecified atom stereocenters. The third kappa shape index (κ3) is 3.50. The first kappa shape index (κ1) is 20.0. The average molecular weight is 415 g/mol. The molecular formula is C18H14ClF3N2O4. The van der Waals surface area contributed by atoms with E-state index in [1.165, 1.54) is 47.8 Å². The van der Waals surface area contributed by atoms with E-state index in [1.54, 1.807) is 0 Å². The number of hydrogen-bond donors (Lipinski definition) is 4. The number of carbonyl (C=O) groups is 2. The van der Waals surface area contributed by atoms with Gasteiger partial charge >= 0.3 is 12.2 Å². The fourth-order valence-corrected chi connectivity index (χ4v) is 3.25. The summed E-state index contributed by atoms with van der Waals surface area (Å²) in [6.07, 6.45) is -5.35. The van der Waals surface area contributed by atoms with E-state index < -0.39 is 35.7 Å². The lowest BCUT2D eigenvalue weighted by Gasteiger charge is -2.45. The van der Waals surface area contributed by atoms with Gasteiger partial charge in [0.15, 0.2) is 5.78 Å². The van der Waals surface area contributed by atoms with Crippen LogP contribution >= 0.6 is 11.6 Å². The number of phenols is 1. The minimum atomic E-state index is -5.35. The van der Waals surface area contributed by atoms with Gasteiger partial charge in [-0.3, -0.25) is 4.79 Å². The highest BCUT2D eigenvalue weighted by atomic mass is 35.5. The molecule has 10 heteroatoms. The highest BCUT2D eigenvalue weighted by molar-refractivity contribution is 6.30. The summed E-state index contributed by atoms with van der Waals surface area (Å²) in [4.78, 5) is 24.9. The lowest BCUT2D eigenvalue weighted by atomic mass is 9.77. The highest BCUT2D eigenvalue weighted by Crippen LogP contribution is 2.44. The molecule has 148 valence electrons. The summed E-state index contributed by atoms with van der Waals surface area (Å²) in [6, 6.07) is 7.26. The second-order valence-electron chi connectivity index (χ2n) is 6.28. The van der Waals surface area contributed by atoms with E-state index in [4.69, 9.17) is 11.6 Å².